The molecule has 0 saturated carbocycles. The lowest BCUT2D eigenvalue weighted by Crippen LogP contribution is -2.31. The van der Waals surface area contributed by atoms with Crippen molar-refractivity contribution in [3.63, 3.8) is 0 Å². The van der Waals surface area contributed by atoms with Crippen molar-refractivity contribution in [1.82, 2.24) is 5.32 Å². The summed E-state index contributed by atoms with van der Waals surface area (Å²) in [5.41, 5.74) is 5.62. The highest BCUT2D eigenvalue weighted by Gasteiger charge is 2.13. The molecular weight excluding hydrogens is 326 g/mol. The average Bonchev–Trinajstić information content (AvgIpc) is 2.61. The first kappa shape index (κ1) is 17.7. The quantitative estimate of drug-likeness (QED) is 0.471. The van der Waals surface area contributed by atoms with E-state index in [0.29, 0.717) is 16.9 Å². The summed E-state index contributed by atoms with van der Waals surface area (Å²) in [5.74, 6) is -0.828. The van der Waals surface area contributed by atoms with E-state index in [1.165, 1.54) is 43.5 Å². The molecule has 0 fully saturated rings. The second kappa shape index (κ2) is 7.73. The molecule has 3 N–H and O–H groups in total. The number of benzene rings is 2. The second-order valence-electron chi connectivity index (χ2n) is 4.96. The predicted octanol–water partition coefficient (Wildman–Crippen LogP) is 1.86. The van der Waals surface area contributed by atoms with Gasteiger partial charge in [-0.25, -0.2) is 0 Å². The van der Waals surface area contributed by atoms with Gasteiger partial charge in [-0.2, -0.15) is 0 Å². The Morgan fingerprint density at radius 3 is 2.44 bits per heavy atom. The number of nitrogens with zero attached hydrogens (tertiary/aromatic N) is 1. The molecule has 0 bridgehead atoms. The van der Waals surface area contributed by atoms with Gasteiger partial charge in [0.1, 0.15) is 11.4 Å². The standard InChI is InChI=1S/C17H15N3O5/c1-25-14-7-5-12(6-8-14)17(22)19-15(16(18)21)10-11-3-2-4-13(9-11)20(23)24/h2-10H,1H3,(H2,18,21)(H,19,22)/b15-10-. The number of hydrogen-bond donors (Lipinski definition) is 2. The molecule has 0 radical (unpaired) electrons. The summed E-state index contributed by atoms with van der Waals surface area (Å²) in [6, 6.07) is 11.9. The Morgan fingerprint density at radius 1 is 1.20 bits per heavy atom. The van der Waals surface area contributed by atoms with Crippen LogP contribution in [0, 0.1) is 10.1 Å². The number of ether oxygens (including phenoxy) is 1. The van der Waals surface area contributed by atoms with E-state index in [1.54, 1.807) is 18.2 Å². The van der Waals surface area contributed by atoms with Crippen LogP contribution in [-0.4, -0.2) is 23.8 Å². The van der Waals surface area contributed by atoms with Crippen LogP contribution in [0.15, 0.2) is 54.2 Å². The average molecular weight is 341 g/mol. The van der Waals surface area contributed by atoms with Crippen molar-refractivity contribution in [3.05, 3.63) is 75.5 Å². The highest BCUT2D eigenvalue weighted by Crippen LogP contribution is 2.16. The molecule has 0 aliphatic heterocycles. The number of hydrogen-bond acceptors (Lipinski definition) is 5. The summed E-state index contributed by atoms with van der Waals surface area (Å²) in [6.07, 6.45) is 1.27. The van der Waals surface area contributed by atoms with E-state index < -0.39 is 16.7 Å². The van der Waals surface area contributed by atoms with Crippen molar-refractivity contribution < 1.29 is 19.2 Å². The number of primary amides is 1. The lowest BCUT2D eigenvalue weighted by atomic mass is 10.1. The van der Waals surface area contributed by atoms with Crippen molar-refractivity contribution in [3.8, 4) is 5.75 Å². The van der Waals surface area contributed by atoms with E-state index >= 15 is 0 Å². The first-order valence-electron chi connectivity index (χ1n) is 7.12. The van der Waals surface area contributed by atoms with E-state index in [1.807, 2.05) is 0 Å². The Morgan fingerprint density at radius 2 is 1.88 bits per heavy atom. The molecule has 0 aromatic heterocycles. The second-order valence-corrected chi connectivity index (χ2v) is 4.96. The molecule has 2 aromatic carbocycles. The van der Waals surface area contributed by atoms with Crippen molar-refractivity contribution in [2.75, 3.05) is 7.11 Å². The number of methoxy groups -OCH3 is 1. The molecule has 0 spiro atoms. The number of non-ortho nitro benzene ring substituents is 1. The van der Waals surface area contributed by atoms with E-state index in [2.05, 4.69) is 5.32 Å². The van der Waals surface area contributed by atoms with E-state index in [-0.39, 0.29) is 11.4 Å². The van der Waals surface area contributed by atoms with Gasteiger partial charge in [0, 0.05) is 17.7 Å². The Labute approximate surface area is 143 Å². The van der Waals surface area contributed by atoms with Crippen molar-refractivity contribution in [2.45, 2.75) is 0 Å². The zero-order chi connectivity index (χ0) is 18.4. The van der Waals surface area contributed by atoms with Gasteiger partial charge in [0.25, 0.3) is 17.5 Å². The van der Waals surface area contributed by atoms with Crippen molar-refractivity contribution in [2.24, 2.45) is 5.73 Å². The first-order chi connectivity index (χ1) is 11.9. The number of amides is 2. The normalized spacial score (nSPS) is 10.8. The van der Waals surface area contributed by atoms with Crippen molar-refractivity contribution in [1.29, 1.82) is 0 Å². The lowest BCUT2D eigenvalue weighted by Gasteiger charge is -2.08. The summed E-state index contributed by atoms with van der Waals surface area (Å²) in [4.78, 5) is 34.0. The van der Waals surface area contributed by atoms with Crippen LogP contribution in [0.3, 0.4) is 0 Å². The third-order valence-electron chi connectivity index (χ3n) is 3.26. The Kier molecular flexibility index (Phi) is 5.47. The minimum Gasteiger partial charge on any atom is -0.497 e. The van der Waals surface area contributed by atoms with Crippen LogP contribution < -0.4 is 15.8 Å². The Hall–Kier alpha value is -3.68. The molecule has 128 valence electrons. The van der Waals surface area contributed by atoms with E-state index in [4.69, 9.17) is 10.5 Å². The fourth-order valence-corrected chi connectivity index (χ4v) is 2.00. The third-order valence-corrected chi connectivity index (χ3v) is 3.26. The van der Waals surface area contributed by atoms with Gasteiger partial charge in [0.15, 0.2) is 0 Å². The molecule has 0 aliphatic rings. The number of nitro groups is 1. The third kappa shape index (κ3) is 4.64. The molecule has 25 heavy (non-hydrogen) atoms. The smallest absolute Gasteiger partial charge is 0.270 e. The highest BCUT2D eigenvalue weighted by atomic mass is 16.6. The number of nitro benzene ring substituents is 1. The molecule has 0 unspecified atom stereocenters. The van der Waals surface area contributed by atoms with Crippen molar-refractivity contribution >= 4 is 23.6 Å². The van der Waals surface area contributed by atoms with Gasteiger partial charge in [0.2, 0.25) is 0 Å². The monoisotopic (exact) mass is 341 g/mol. The number of nitrogens with two attached hydrogens (primary N) is 1. The van der Waals surface area contributed by atoms with Crippen LogP contribution in [0.2, 0.25) is 0 Å². The summed E-state index contributed by atoms with van der Waals surface area (Å²) in [6.45, 7) is 0. The molecule has 2 amide bonds. The maximum atomic E-state index is 12.2. The van der Waals surface area contributed by atoms with Crippen LogP contribution in [0.5, 0.6) is 5.75 Å². The predicted molar refractivity (Wildman–Crippen MR) is 90.7 cm³/mol. The SMILES string of the molecule is COc1ccc(C(=O)N/C(=C\c2cccc([N+](=O)[O-])c2)C(N)=O)cc1. The Balaban J connectivity index is 2.25. The van der Waals surface area contributed by atoms with Gasteiger partial charge >= 0.3 is 0 Å². The summed E-state index contributed by atoms with van der Waals surface area (Å²) in [7, 11) is 1.50. The maximum Gasteiger partial charge on any atom is 0.270 e. The van der Waals surface area contributed by atoms with Gasteiger partial charge in [-0.1, -0.05) is 12.1 Å². The van der Waals surface area contributed by atoms with Crippen LogP contribution in [0.25, 0.3) is 6.08 Å². The van der Waals surface area contributed by atoms with E-state index in [9.17, 15) is 19.7 Å². The molecule has 2 rings (SSSR count). The molecule has 8 nitrogen and oxygen atoms in total. The van der Waals surface area contributed by atoms with Gasteiger partial charge in [0.05, 0.1) is 12.0 Å². The largest absolute Gasteiger partial charge is 0.497 e. The topological polar surface area (TPSA) is 125 Å². The van der Waals surface area contributed by atoms with Crippen LogP contribution in [0.4, 0.5) is 5.69 Å². The lowest BCUT2D eigenvalue weighted by molar-refractivity contribution is -0.384. The molecule has 0 saturated heterocycles. The van der Waals surface area contributed by atoms with Crippen LogP contribution in [-0.2, 0) is 4.79 Å². The number of carbonyl (C=O) groups is 2. The fourth-order valence-electron chi connectivity index (χ4n) is 2.00. The minimum absolute atomic E-state index is 0.140. The van der Waals surface area contributed by atoms with Crippen LogP contribution in [0.1, 0.15) is 15.9 Å². The zero-order valence-electron chi connectivity index (χ0n) is 13.3. The van der Waals surface area contributed by atoms with Gasteiger partial charge < -0.3 is 15.8 Å². The summed E-state index contributed by atoms with van der Waals surface area (Å²) in [5, 5.41) is 13.2. The summed E-state index contributed by atoms with van der Waals surface area (Å²) < 4.78 is 5.01. The first-order valence-corrected chi connectivity index (χ1v) is 7.12. The van der Waals surface area contributed by atoms with Gasteiger partial charge in [-0.15, -0.1) is 0 Å². The number of nitrogens with one attached hydrogen (secondary N) is 1. The van der Waals surface area contributed by atoms with E-state index in [0.717, 1.165) is 0 Å². The van der Waals surface area contributed by atoms with Gasteiger partial charge in [-0.3, -0.25) is 19.7 Å². The molecule has 2 aromatic rings. The Bertz CT molecular complexity index is 844. The van der Waals surface area contributed by atoms with Gasteiger partial charge in [-0.05, 0) is 35.9 Å². The maximum absolute atomic E-state index is 12.2. The molecule has 0 aliphatic carbocycles. The molecule has 0 atom stereocenters. The highest BCUT2D eigenvalue weighted by molar-refractivity contribution is 6.04. The molecular formula is C17H15N3O5. The summed E-state index contributed by atoms with van der Waals surface area (Å²) >= 11 is 0. The zero-order valence-corrected chi connectivity index (χ0v) is 13.3. The molecule has 0 heterocycles. The number of carbonyl (C=O) groups excluding carboxylic acids is 2. The minimum atomic E-state index is -0.867. The fraction of sp³-hybridized carbons (Fsp3) is 0.0588. The number of rotatable bonds is 6. The molecule has 8 heteroatoms. The van der Waals surface area contributed by atoms with Crippen LogP contribution >= 0.6 is 0 Å².